The summed E-state index contributed by atoms with van der Waals surface area (Å²) < 4.78 is 49.7. The summed E-state index contributed by atoms with van der Waals surface area (Å²) in [6, 6.07) is 11.9. The van der Waals surface area contributed by atoms with Gasteiger partial charge in [-0.05, 0) is 17.7 Å². The van der Waals surface area contributed by atoms with Gasteiger partial charge >= 0.3 is 12.1 Å². The largest absolute Gasteiger partial charge is 0.489 e. The van der Waals surface area contributed by atoms with Gasteiger partial charge in [-0.25, -0.2) is 4.79 Å². The van der Waals surface area contributed by atoms with E-state index >= 15 is 0 Å². The minimum atomic E-state index is -4.88. The minimum Gasteiger partial charge on any atom is -0.489 e. The summed E-state index contributed by atoms with van der Waals surface area (Å²) in [6.07, 6.45) is -6.56. The van der Waals surface area contributed by atoms with Crippen molar-refractivity contribution in [1.29, 1.82) is 0 Å². The molecule has 0 saturated heterocycles. The first-order valence-electron chi connectivity index (χ1n) is 7.44. The third kappa shape index (κ3) is 3.77. The Bertz CT molecular complexity index is 863. The summed E-state index contributed by atoms with van der Waals surface area (Å²) in [5.74, 6) is -1.66. The maximum absolute atomic E-state index is 13.1. The van der Waals surface area contributed by atoms with Crippen molar-refractivity contribution < 1.29 is 32.5 Å². The standard InChI is InChI=1S/C18H12ClF3O4/c19-14-8-12(25-9-10-4-2-1-3-5-10)6-11-7-13(17(23)24)16(18(20,21)22)26-15(11)14/h1-8,16H,9H2,(H,23,24). The molecule has 8 heteroatoms. The van der Waals surface area contributed by atoms with Crippen molar-refractivity contribution in [3.05, 3.63) is 64.2 Å². The zero-order valence-corrected chi connectivity index (χ0v) is 13.8. The molecule has 0 saturated carbocycles. The van der Waals surface area contributed by atoms with Crippen molar-refractivity contribution >= 4 is 23.6 Å². The summed E-state index contributed by atoms with van der Waals surface area (Å²) in [5, 5.41) is 8.98. The summed E-state index contributed by atoms with van der Waals surface area (Å²) >= 11 is 6.02. The molecule has 3 rings (SSSR count). The zero-order chi connectivity index (χ0) is 18.9. The second-order valence-corrected chi connectivity index (χ2v) is 5.95. The number of fused-ring (bicyclic) bond motifs is 1. The molecule has 0 spiro atoms. The topological polar surface area (TPSA) is 55.8 Å². The molecule has 1 N–H and O–H groups in total. The van der Waals surface area contributed by atoms with E-state index in [1.807, 2.05) is 30.3 Å². The number of rotatable bonds is 4. The Balaban J connectivity index is 1.92. The molecule has 1 aliphatic rings. The Morgan fingerprint density at radius 1 is 1.23 bits per heavy atom. The Kier molecular flexibility index (Phi) is 4.82. The van der Waals surface area contributed by atoms with Crippen LogP contribution in [0.25, 0.3) is 6.08 Å². The highest BCUT2D eigenvalue weighted by molar-refractivity contribution is 6.32. The van der Waals surface area contributed by atoms with E-state index in [2.05, 4.69) is 0 Å². The molecular formula is C18H12ClF3O4. The molecular weight excluding hydrogens is 373 g/mol. The summed E-state index contributed by atoms with van der Waals surface area (Å²) in [6.45, 7) is 0.220. The van der Waals surface area contributed by atoms with Gasteiger partial charge in [-0.3, -0.25) is 0 Å². The van der Waals surface area contributed by atoms with E-state index in [4.69, 9.17) is 26.2 Å². The van der Waals surface area contributed by atoms with Crippen LogP contribution >= 0.6 is 11.6 Å². The average Bonchev–Trinajstić information content (AvgIpc) is 2.59. The summed E-state index contributed by atoms with van der Waals surface area (Å²) in [7, 11) is 0. The molecule has 2 aromatic rings. The van der Waals surface area contributed by atoms with Gasteiger partial charge in [-0.1, -0.05) is 41.9 Å². The molecule has 26 heavy (non-hydrogen) atoms. The van der Waals surface area contributed by atoms with Gasteiger partial charge in [0.15, 0.2) is 0 Å². The second kappa shape index (κ2) is 6.92. The molecule has 0 bridgehead atoms. The Morgan fingerprint density at radius 3 is 2.54 bits per heavy atom. The Labute approximate surface area is 151 Å². The van der Waals surface area contributed by atoms with Gasteiger partial charge in [0, 0.05) is 11.6 Å². The number of carboxylic acid groups (broad SMARTS) is 1. The van der Waals surface area contributed by atoms with Crippen LogP contribution in [0.5, 0.6) is 11.5 Å². The van der Waals surface area contributed by atoms with Crippen LogP contribution in [0, 0.1) is 0 Å². The summed E-state index contributed by atoms with van der Waals surface area (Å²) in [5.41, 5.74) is 0.0798. The molecule has 1 aliphatic heterocycles. The molecule has 0 fully saturated rings. The third-order valence-corrected chi connectivity index (χ3v) is 3.95. The molecule has 1 unspecified atom stereocenters. The smallest absolute Gasteiger partial charge is 0.430 e. The van der Waals surface area contributed by atoms with E-state index in [1.165, 1.54) is 12.1 Å². The van der Waals surface area contributed by atoms with E-state index < -0.39 is 23.8 Å². The van der Waals surface area contributed by atoms with Gasteiger partial charge < -0.3 is 14.6 Å². The van der Waals surface area contributed by atoms with Crippen LogP contribution < -0.4 is 9.47 Å². The lowest BCUT2D eigenvalue weighted by molar-refractivity contribution is -0.187. The van der Waals surface area contributed by atoms with Crippen LogP contribution in [-0.4, -0.2) is 23.4 Å². The number of hydrogen-bond acceptors (Lipinski definition) is 3. The lowest BCUT2D eigenvalue weighted by atomic mass is 10.0. The highest BCUT2D eigenvalue weighted by Crippen LogP contribution is 2.42. The van der Waals surface area contributed by atoms with E-state index in [0.29, 0.717) is 0 Å². The van der Waals surface area contributed by atoms with E-state index in [1.54, 1.807) is 0 Å². The number of carboxylic acids is 1. The molecule has 0 aromatic heterocycles. The van der Waals surface area contributed by atoms with E-state index in [9.17, 15) is 18.0 Å². The van der Waals surface area contributed by atoms with Crippen molar-refractivity contribution in [3.8, 4) is 11.5 Å². The Hall–Kier alpha value is -2.67. The van der Waals surface area contributed by atoms with E-state index in [0.717, 1.165) is 11.6 Å². The van der Waals surface area contributed by atoms with Gasteiger partial charge in [-0.2, -0.15) is 13.2 Å². The van der Waals surface area contributed by atoms with Gasteiger partial charge in [0.1, 0.15) is 18.1 Å². The molecule has 0 radical (unpaired) electrons. The van der Waals surface area contributed by atoms with Gasteiger partial charge in [0.05, 0.1) is 10.6 Å². The molecule has 1 heterocycles. The molecule has 0 aliphatic carbocycles. The molecule has 136 valence electrons. The van der Waals surface area contributed by atoms with Crippen LogP contribution in [0.4, 0.5) is 13.2 Å². The van der Waals surface area contributed by atoms with Crippen LogP contribution in [-0.2, 0) is 11.4 Å². The first kappa shape index (κ1) is 18.1. The molecule has 2 aromatic carbocycles. The summed E-state index contributed by atoms with van der Waals surface area (Å²) in [4.78, 5) is 11.2. The predicted molar refractivity (Wildman–Crippen MR) is 88.3 cm³/mol. The number of halogens is 4. The van der Waals surface area contributed by atoms with E-state index in [-0.39, 0.29) is 28.7 Å². The fourth-order valence-electron chi connectivity index (χ4n) is 2.49. The van der Waals surface area contributed by atoms with Gasteiger partial charge in [0.25, 0.3) is 0 Å². The number of benzene rings is 2. The normalized spacial score (nSPS) is 16.3. The van der Waals surface area contributed by atoms with Crippen molar-refractivity contribution in [2.24, 2.45) is 0 Å². The number of alkyl halides is 3. The monoisotopic (exact) mass is 384 g/mol. The quantitative estimate of drug-likeness (QED) is 0.829. The fourth-order valence-corrected chi connectivity index (χ4v) is 2.75. The Morgan fingerprint density at radius 2 is 1.92 bits per heavy atom. The highest BCUT2D eigenvalue weighted by atomic mass is 35.5. The van der Waals surface area contributed by atoms with Crippen molar-refractivity contribution in [2.75, 3.05) is 0 Å². The van der Waals surface area contributed by atoms with Crippen molar-refractivity contribution in [2.45, 2.75) is 18.9 Å². The molecule has 1 atom stereocenters. The molecule has 4 nitrogen and oxygen atoms in total. The minimum absolute atomic E-state index is 0.0968. The fraction of sp³-hybridized carbons (Fsp3) is 0.167. The number of ether oxygens (including phenoxy) is 2. The maximum Gasteiger partial charge on any atom is 0.430 e. The molecule has 0 amide bonds. The SMILES string of the molecule is O=C(O)C1=Cc2cc(OCc3ccccc3)cc(Cl)c2OC1C(F)(F)F. The van der Waals surface area contributed by atoms with Gasteiger partial charge in [0.2, 0.25) is 6.10 Å². The highest BCUT2D eigenvalue weighted by Gasteiger charge is 2.48. The van der Waals surface area contributed by atoms with Crippen molar-refractivity contribution in [1.82, 2.24) is 0 Å². The first-order valence-corrected chi connectivity index (χ1v) is 7.82. The second-order valence-electron chi connectivity index (χ2n) is 5.54. The number of hydrogen-bond donors (Lipinski definition) is 1. The van der Waals surface area contributed by atoms with Crippen LogP contribution in [0.15, 0.2) is 48.0 Å². The first-order chi connectivity index (χ1) is 12.3. The van der Waals surface area contributed by atoms with Crippen LogP contribution in [0.2, 0.25) is 5.02 Å². The number of aliphatic carboxylic acids is 1. The average molecular weight is 385 g/mol. The lowest BCUT2D eigenvalue weighted by Crippen LogP contribution is -2.40. The van der Waals surface area contributed by atoms with Gasteiger partial charge in [-0.15, -0.1) is 0 Å². The van der Waals surface area contributed by atoms with Crippen LogP contribution in [0.1, 0.15) is 11.1 Å². The predicted octanol–water partition coefficient (Wildman–Crippen LogP) is 4.71. The lowest BCUT2D eigenvalue weighted by Gasteiger charge is -2.27. The maximum atomic E-state index is 13.1. The third-order valence-electron chi connectivity index (χ3n) is 3.67. The van der Waals surface area contributed by atoms with Crippen LogP contribution in [0.3, 0.4) is 0 Å². The van der Waals surface area contributed by atoms with Crippen molar-refractivity contribution in [3.63, 3.8) is 0 Å². The zero-order valence-electron chi connectivity index (χ0n) is 13.1. The number of carbonyl (C=O) groups is 1.